The quantitative estimate of drug-likeness (QED) is 0.888. The number of carboxylic acids is 1. The molecule has 4 nitrogen and oxygen atoms in total. The number of fused-ring (bicyclic) bond motifs is 1. The summed E-state index contributed by atoms with van der Waals surface area (Å²) in [6.45, 7) is 0. The van der Waals surface area contributed by atoms with Gasteiger partial charge in [-0.15, -0.1) is 0 Å². The third-order valence-corrected chi connectivity index (χ3v) is 4.31. The van der Waals surface area contributed by atoms with Crippen LogP contribution in [-0.2, 0) is 12.8 Å². The van der Waals surface area contributed by atoms with Crippen LogP contribution < -0.4 is 5.32 Å². The van der Waals surface area contributed by atoms with Gasteiger partial charge < -0.3 is 10.4 Å². The Labute approximate surface area is 139 Å². The van der Waals surface area contributed by atoms with Crippen LogP contribution in [0.25, 0.3) is 0 Å². The summed E-state index contributed by atoms with van der Waals surface area (Å²) in [7, 11) is 0. The lowest BCUT2D eigenvalue weighted by Crippen LogP contribution is -2.16. The largest absolute Gasteiger partial charge is 0.478 e. The number of aryl methyl sites for hydroxylation is 2. The van der Waals surface area contributed by atoms with Crippen molar-refractivity contribution >= 4 is 29.2 Å². The Kier molecular flexibility index (Phi) is 4.35. The van der Waals surface area contributed by atoms with Crippen molar-refractivity contribution in [1.29, 1.82) is 0 Å². The number of anilines is 1. The molecular formula is C18H16ClNO3. The molecule has 118 valence electrons. The maximum absolute atomic E-state index is 12.4. The lowest BCUT2D eigenvalue weighted by atomic mass is 9.90. The van der Waals surface area contributed by atoms with Crippen LogP contribution in [0.5, 0.6) is 0 Å². The Bertz CT molecular complexity index is 786. The number of carbonyl (C=O) groups is 2. The second-order valence-electron chi connectivity index (χ2n) is 5.64. The summed E-state index contributed by atoms with van der Waals surface area (Å²) < 4.78 is 0. The highest BCUT2D eigenvalue weighted by Gasteiger charge is 2.16. The molecule has 1 aliphatic carbocycles. The van der Waals surface area contributed by atoms with Gasteiger partial charge in [0.25, 0.3) is 5.91 Å². The molecule has 0 bridgehead atoms. The molecule has 0 unspecified atom stereocenters. The predicted molar refractivity (Wildman–Crippen MR) is 89.4 cm³/mol. The first-order valence-corrected chi connectivity index (χ1v) is 7.88. The molecule has 2 aromatic rings. The molecule has 2 N–H and O–H groups in total. The Morgan fingerprint density at radius 2 is 1.74 bits per heavy atom. The first kappa shape index (κ1) is 15.6. The monoisotopic (exact) mass is 329 g/mol. The molecule has 23 heavy (non-hydrogen) atoms. The van der Waals surface area contributed by atoms with Crippen molar-refractivity contribution in [2.75, 3.05) is 5.32 Å². The maximum atomic E-state index is 12.4. The Hall–Kier alpha value is -2.33. The number of carboxylic acid groups (broad SMARTS) is 1. The van der Waals surface area contributed by atoms with Crippen LogP contribution in [-0.4, -0.2) is 17.0 Å². The van der Waals surface area contributed by atoms with E-state index in [1.165, 1.54) is 29.7 Å². The number of halogens is 1. The highest BCUT2D eigenvalue weighted by molar-refractivity contribution is 6.31. The zero-order chi connectivity index (χ0) is 16.4. The highest BCUT2D eigenvalue weighted by Crippen LogP contribution is 2.24. The average molecular weight is 330 g/mol. The minimum Gasteiger partial charge on any atom is -0.478 e. The van der Waals surface area contributed by atoms with Crippen LogP contribution in [0.15, 0.2) is 36.4 Å². The van der Waals surface area contributed by atoms with Gasteiger partial charge in [0.1, 0.15) is 0 Å². The number of amides is 1. The zero-order valence-corrected chi connectivity index (χ0v) is 13.2. The average Bonchev–Trinajstić information content (AvgIpc) is 2.55. The predicted octanol–water partition coefficient (Wildman–Crippen LogP) is 4.17. The van der Waals surface area contributed by atoms with E-state index in [0.717, 1.165) is 19.3 Å². The van der Waals surface area contributed by atoms with E-state index in [9.17, 15) is 14.7 Å². The van der Waals surface area contributed by atoms with Crippen LogP contribution >= 0.6 is 11.6 Å². The van der Waals surface area contributed by atoms with Gasteiger partial charge in [0.05, 0.1) is 11.3 Å². The fraction of sp³-hybridized carbons (Fsp3) is 0.222. The van der Waals surface area contributed by atoms with Crippen LogP contribution in [0.2, 0.25) is 5.02 Å². The van der Waals surface area contributed by atoms with Gasteiger partial charge in [0, 0.05) is 10.6 Å². The second kappa shape index (κ2) is 6.42. The number of hydrogen-bond acceptors (Lipinski definition) is 2. The normalized spacial score (nSPS) is 13.3. The number of aromatic carboxylic acids is 1. The molecule has 0 spiro atoms. The van der Waals surface area contributed by atoms with Gasteiger partial charge in [-0.25, -0.2) is 4.79 Å². The summed E-state index contributed by atoms with van der Waals surface area (Å²) in [6, 6.07) is 10.1. The van der Waals surface area contributed by atoms with E-state index in [4.69, 9.17) is 11.6 Å². The van der Waals surface area contributed by atoms with Crippen molar-refractivity contribution in [2.24, 2.45) is 0 Å². The lowest BCUT2D eigenvalue weighted by Gasteiger charge is -2.16. The Balaban J connectivity index is 1.86. The van der Waals surface area contributed by atoms with Crippen LogP contribution in [0.4, 0.5) is 5.69 Å². The van der Waals surface area contributed by atoms with Crippen LogP contribution in [0.1, 0.15) is 44.7 Å². The lowest BCUT2D eigenvalue weighted by molar-refractivity contribution is 0.0698. The summed E-state index contributed by atoms with van der Waals surface area (Å²) in [6.07, 6.45) is 4.36. The van der Waals surface area contributed by atoms with Crippen molar-refractivity contribution in [3.05, 3.63) is 63.7 Å². The number of rotatable bonds is 3. The third-order valence-electron chi connectivity index (χ3n) is 4.07. The number of hydrogen-bond donors (Lipinski definition) is 2. The number of benzene rings is 2. The van der Waals surface area contributed by atoms with E-state index in [0.29, 0.717) is 10.6 Å². The van der Waals surface area contributed by atoms with Crippen LogP contribution in [0.3, 0.4) is 0 Å². The topological polar surface area (TPSA) is 66.4 Å². The van der Waals surface area contributed by atoms with Crippen molar-refractivity contribution < 1.29 is 14.7 Å². The summed E-state index contributed by atoms with van der Waals surface area (Å²) >= 11 is 5.82. The fourth-order valence-electron chi connectivity index (χ4n) is 2.87. The molecule has 2 aromatic carbocycles. The van der Waals surface area contributed by atoms with Crippen molar-refractivity contribution in [1.82, 2.24) is 0 Å². The maximum Gasteiger partial charge on any atom is 0.337 e. The van der Waals surface area contributed by atoms with Gasteiger partial charge in [-0.05, 0) is 67.1 Å². The van der Waals surface area contributed by atoms with E-state index in [2.05, 4.69) is 5.32 Å². The van der Waals surface area contributed by atoms with Gasteiger partial charge in [-0.3, -0.25) is 4.79 Å². The Morgan fingerprint density at radius 1 is 1.00 bits per heavy atom. The molecule has 3 rings (SSSR count). The standard InChI is InChI=1S/C18H16ClNO3/c19-14-7-8-16(15(10-14)18(22)23)20-17(21)13-6-5-11-3-1-2-4-12(11)9-13/h5-10H,1-4H2,(H,20,21)(H,22,23). The summed E-state index contributed by atoms with van der Waals surface area (Å²) in [4.78, 5) is 23.7. The van der Waals surface area contributed by atoms with Crippen molar-refractivity contribution in [3.8, 4) is 0 Å². The first-order valence-electron chi connectivity index (χ1n) is 7.50. The smallest absolute Gasteiger partial charge is 0.337 e. The second-order valence-corrected chi connectivity index (χ2v) is 6.08. The summed E-state index contributed by atoms with van der Waals surface area (Å²) in [5.74, 6) is -1.45. The molecule has 1 aliphatic rings. The third kappa shape index (κ3) is 3.37. The molecule has 0 aliphatic heterocycles. The number of nitrogens with one attached hydrogen (secondary N) is 1. The van der Waals surface area contributed by atoms with Crippen molar-refractivity contribution in [2.45, 2.75) is 25.7 Å². The SMILES string of the molecule is O=C(Nc1ccc(Cl)cc1C(=O)O)c1ccc2c(c1)CCCC2. The Morgan fingerprint density at radius 3 is 2.48 bits per heavy atom. The summed E-state index contributed by atoms with van der Waals surface area (Å²) in [5, 5.41) is 12.2. The molecular weight excluding hydrogens is 314 g/mol. The molecule has 0 atom stereocenters. The molecule has 0 heterocycles. The molecule has 0 radical (unpaired) electrons. The highest BCUT2D eigenvalue weighted by atomic mass is 35.5. The number of carbonyl (C=O) groups excluding carboxylic acids is 1. The van der Waals surface area contributed by atoms with Crippen LogP contribution in [0, 0.1) is 0 Å². The van der Waals surface area contributed by atoms with Gasteiger partial charge in [0.2, 0.25) is 0 Å². The zero-order valence-electron chi connectivity index (χ0n) is 12.4. The van der Waals surface area contributed by atoms with Gasteiger partial charge >= 0.3 is 5.97 Å². The van der Waals surface area contributed by atoms with Crippen molar-refractivity contribution in [3.63, 3.8) is 0 Å². The van der Waals surface area contributed by atoms with Gasteiger partial charge in [0.15, 0.2) is 0 Å². The van der Waals surface area contributed by atoms with E-state index in [-0.39, 0.29) is 17.2 Å². The molecule has 1 amide bonds. The minimum absolute atomic E-state index is 0.0242. The summed E-state index contributed by atoms with van der Waals surface area (Å²) in [5.41, 5.74) is 3.26. The van der Waals surface area contributed by atoms with Gasteiger partial charge in [-0.1, -0.05) is 17.7 Å². The first-order chi connectivity index (χ1) is 11.0. The molecule has 0 saturated heterocycles. The molecule has 0 aromatic heterocycles. The fourth-order valence-corrected chi connectivity index (χ4v) is 3.04. The van der Waals surface area contributed by atoms with E-state index in [1.54, 1.807) is 12.1 Å². The van der Waals surface area contributed by atoms with Gasteiger partial charge in [-0.2, -0.15) is 0 Å². The molecule has 5 heteroatoms. The molecule has 0 saturated carbocycles. The minimum atomic E-state index is -1.13. The molecule has 0 fully saturated rings. The van der Waals surface area contributed by atoms with E-state index < -0.39 is 5.97 Å². The van der Waals surface area contributed by atoms with E-state index in [1.807, 2.05) is 12.1 Å². The van der Waals surface area contributed by atoms with E-state index >= 15 is 0 Å².